The Morgan fingerprint density at radius 2 is 1.35 bits per heavy atom. The summed E-state index contributed by atoms with van der Waals surface area (Å²) < 4.78 is 13.2. The molecule has 0 saturated heterocycles. The van der Waals surface area contributed by atoms with Crippen LogP contribution in [0.2, 0.25) is 0 Å². The van der Waals surface area contributed by atoms with Gasteiger partial charge in [-0.15, -0.1) is 0 Å². The number of rotatable bonds is 5. The molecule has 0 fully saturated rings. The lowest BCUT2D eigenvalue weighted by atomic mass is 10.0. The molecular formula is C21H20FN. The maximum absolute atomic E-state index is 13.2. The molecule has 0 spiro atoms. The zero-order valence-electron chi connectivity index (χ0n) is 13.2. The highest BCUT2D eigenvalue weighted by molar-refractivity contribution is 5.63. The summed E-state index contributed by atoms with van der Waals surface area (Å²) in [7, 11) is 2.05. The Kier molecular flexibility index (Phi) is 4.84. The van der Waals surface area contributed by atoms with E-state index in [0.717, 1.165) is 18.7 Å². The quantitative estimate of drug-likeness (QED) is 0.632. The largest absolute Gasteiger partial charge is 0.298 e. The van der Waals surface area contributed by atoms with Crippen LogP contribution in [0.1, 0.15) is 11.1 Å². The standard InChI is InChI=1S/C21H20FN/c1-23(16-18-6-5-9-21(22)14-18)15-17-10-12-20(13-11-17)19-7-3-2-4-8-19/h2-14H,15-16H2,1H3. The van der Waals surface area contributed by atoms with Gasteiger partial charge in [0.1, 0.15) is 5.82 Å². The van der Waals surface area contributed by atoms with Crippen molar-refractivity contribution in [2.24, 2.45) is 0 Å². The monoisotopic (exact) mass is 305 g/mol. The summed E-state index contributed by atoms with van der Waals surface area (Å²) in [6, 6.07) is 25.8. The molecule has 3 rings (SSSR count). The fraction of sp³-hybridized carbons (Fsp3) is 0.143. The van der Waals surface area contributed by atoms with Crippen molar-refractivity contribution in [2.75, 3.05) is 7.05 Å². The maximum Gasteiger partial charge on any atom is 0.123 e. The predicted molar refractivity (Wildman–Crippen MR) is 93.4 cm³/mol. The summed E-state index contributed by atoms with van der Waals surface area (Å²) in [6.07, 6.45) is 0. The lowest BCUT2D eigenvalue weighted by Gasteiger charge is -2.17. The van der Waals surface area contributed by atoms with Gasteiger partial charge in [0.2, 0.25) is 0 Å². The minimum Gasteiger partial charge on any atom is -0.298 e. The van der Waals surface area contributed by atoms with Crippen LogP contribution < -0.4 is 0 Å². The van der Waals surface area contributed by atoms with Crippen LogP contribution in [0.5, 0.6) is 0 Å². The van der Waals surface area contributed by atoms with E-state index in [1.54, 1.807) is 12.1 Å². The zero-order valence-corrected chi connectivity index (χ0v) is 13.2. The molecule has 0 amide bonds. The lowest BCUT2D eigenvalue weighted by molar-refractivity contribution is 0.318. The molecule has 0 saturated carbocycles. The van der Waals surface area contributed by atoms with E-state index >= 15 is 0 Å². The number of halogens is 1. The van der Waals surface area contributed by atoms with Crippen LogP contribution in [-0.2, 0) is 13.1 Å². The number of hydrogen-bond donors (Lipinski definition) is 0. The first-order chi connectivity index (χ1) is 11.2. The number of hydrogen-bond acceptors (Lipinski definition) is 1. The zero-order chi connectivity index (χ0) is 16.1. The predicted octanol–water partition coefficient (Wildman–Crippen LogP) is 5.12. The van der Waals surface area contributed by atoms with Crippen LogP contribution in [0.15, 0.2) is 78.9 Å². The first-order valence-electron chi connectivity index (χ1n) is 7.78. The fourth-order valence-electron chi connectivity index (χ4n) is 2.75. The third kappa shape index (κ3) is 4.27. The van der Waals surface area contributed by atoms with E-state index in [4.69, 9.17) is 0 Å². The molecule has 0 aliphatic heterocycles. The Labute approximate surface area is 137 Å². The van der Waals surface area contributed by atoms with Crippen LogP contribution >= 0.6 is 0 Å². The summed E-state index contributed by atoms with van der Waals surface area (Å²) in [5.74, 6) is -0.178. The van der Waals surface area contributed by atoms with Gasteiger partial charge in [0.15, 0.2) is 0 Å². The van der Waals surface area contributed by atoms with E-state index in [1.807, 2.05) is 12.1 Å². The topological polar surface area (TPSA) is 3.24 Å². The molecule has 0 N–H and O–H groups in total. The van der Waals surface area contributed by atoms with Crippen molar-refractivity contribution in [2.45, 2.75) is 13.1 Å². The molecule has 1 nitrogen and oxygen atoms in total. The molecule has 0 atom stereocenters. The van der Waals surface area contributed by atoms with Gasteiger partial charge in [-0.2, -0.15) is 0 Å². The molecule has 0 unspecified atom stereocenters. The Morgan fingerprint density at radius 3 is 2.04 bits per heavy atom. The minimum absolute atomic E-state index is 0.178. The second-order valence-corrected chi connectivity index (χ2v) is 5.87. The summed E-state index contributed by atoms with van der Waals surface area (Å²) in [5.41, 5.74) is 4.70. The molecule has 23 heavy (non-hydrogen) atoms. The van der Waals surface area contributed by atoms with Crippen molar-refractivity contribution < 1.29 is 4.39 Å². The summed E-state index contributed by atoms with van der Waals surface area (Å²) in [4.78, 5) is 2.19. The minimum atomic E-state index is -0.178. The highest BCUT2D eigenvalue weighted by atomic mass is 19.1. The van der Waals surface area contributed by atoms with E-state index in [-0.39, 0.29) is 5.82 Å². The molecule has 0 bridgehead atoms. The van der Waals surface area contributed by atoms with Crippen LogP contribution in [-0.4, -0.2) is 11.9 Å². The maximum atomic E-state index is 13.2. The van der Waals surface area contributed by atoms with Gasteiger partial charge < -0.3 is 0 Å². The molecule has 0 aliphatic carbocycles. The van der Waals surface area contributed by atoms with Crippen LogP contribution in [0, 0.1) is 5.82 Å². The van der Waals surface area contributed by atoms with Gasteiger partial charge in [0, 0.05) is 13.1 Å². The first-order valence-corrected chi connectivity index (χ1v) is 7.78. The smallest absolute Gasteiger partial charge is 0.123 e. The molecule has 2 heteroatoms. The average Bonchev–Trinajstić information content (AvgIpc) is 2.56. The lowest BCUT2D eigenvalue weighted by Crippen LogP contribution is -2.17. The van der Waals surface area contributed by atoms with Crippen molar-refractivity contribution in [1.29, 1.82) is 0 Å². The van der Waals surface area contributed by atoms with Crippen molar-refractivity contribution in [3.05, 3.63) is 95.8 Å². The van der Waals surface area contributed by atoms with Crippen LogP contribution in [0.3, 0.4) is 0 Å². The Morgan fingerprint density at radius 1 is 0.696 bits per heavy atom. The summed E-state index contributed by atoms with van der Waals surface area (Å²) in [5, 5.41) is 0. The second-order valence-electron chi connectivity index (χ2n) is 5.87. The van der Waals surface area contributed by atoms with Crippen LogP contribution in [0.4, 0.5) is 4.39 Å². The third-order valence-electron chi connectivity index (χ3n) is 3.86. The van der Waals surface area contributed by atoms with Gasteiger partial charge >= 0.3 is 0 Å². The van der Waals surface area contributed by atoms with E-state index in [1.165, 1.54) is 22.8 Å². The normalized spacial score (nSPS) is 10.9. The van der Waals surface area contributed by atoms with Gasteiger partial charge in [0.25, 0.3) is 0 Å². The van der Waals surface area contributed by atoms with Gasteiger partial charge in [-0.3, -0.25) is 4.90 Å². The Hall–Kier alpha value is -2.45. The van der Waals surface area contributed by atoms with Crippen molar-refractivity contribution in [1.82, 2.24) is 4.90 Å². The SMILES string of the molecule is CN(Cc1ccc(-c2ccccc2)cc1)Cc1cccc(F)c1. The number of benzene rings is 3. The molecule has 0 aliphatic rings. The molecule has 3 aromatic rings. The second kappa shape index (κ2) is 7.21. The summed E-state index contributed by atoms with van der Waals surface area (Å²) >= 11 is 0. The van der Waals surface area contributed by atoms with Crippen molar-refractivity contribution in [3.63, 3.8) is 0 Å². The van der Waals surface area contributed by atoms with Gasteiger partial charge in [-0.1, -0.05) is 66.7 Å². The highest BCUT2D eigenvalue weighted by Crippen LogP contribution is 2.20. The Balaban J connectivity index is 1.64. The van der Waals surface area contributed by atoms with E-state index in [2.05, 4.69) is 60.5 Å². The first kappa shape index (κ1) is 15.4. The average molecular weight is 305 g/mol. The van der Waals surface area contributed by atoms with Gasteiger partial charge in [-0.25, -0.2) is 4.39 Å². The highest BCUT2D eigenvalue weighted by Gasteiger charge is 2.04. The molecule has 0 aromatic heterocycles. The van der Waals surface area contributed by atoms with Gasteiger partial charge in [-0.05, 0) is 41.4 Å². The van der Waals surface area contributed by atoms with Crippen LogP contribution in [0.25, 0.3) is 11.1 Å². The van der Waals surface area contributed by atoms with E-state index < -0.39 is 0 Å². The van der Waals surface area contributed by atoms with E-state index in [0.29, 0.717) is 0 Å². The molecule has 0 radical (unpaired) electrons. The Bertz CT molecular complexity index is 750. The molecule has 116 valence electrons. The third-order valence-corrected chi connectivity index (χ3v) is 3.86. The molecular weight excluding hydrogens is 285 g/mol. The van der Waals surface area contributed by atoms with E-state index in [9.17, 15) is 4.39 Å². The van der Waals surface area contributed by atoms with Crippen molar-refractivity contribution >= 4 is 0 Å². The fourth-order valence-corrected chi connectivity index (χ4v) is 2.75. The molecule has 3 aromatic carbocycles. The molecule has 0 heterocycles. The van der Waals surface area contributed by atoms with Crippen molar-refractivity contribution in [3.8, 4) is 11.1 Å². The number of nitrogens with zero attached hydrogens (tertiary/aromatic N) is 1. The summed E-state index contributed by atoms with van der Waals surface area (Å²) in [6.45, 7) is 1.57. The van der Waals surface area contributed by atoms with Gasteiger partial charge in [0.05, 0.1) is 0 Å².